The van der Waals surface area contributed by atoms with Gasteiger partial charge in [-0.2, -0.15) is 0 Å². The van der Waals surface area contributed by atoms with Crippen molar-refractivity contribution >= 4 is 11.8 Å². The van der Waals surface area contributed by atoms with Crippen molar-refractivity contribution in [3.05, 3.63) is 25.3 Å². The molecular formula is C15H21NO3. The van der Waals surface area contributed by atoms with E-state index in [0.29, 0.717) is 6.61 Å². The van der Waals surface area contributed by atoms with Crippen LogP contribution < -0.4 is 0 Å². The second kappa shape index (κ2) is 5.70. The fourth-order valence-electron chi connectivity index (χ4n) is 3.20. The van der Waals surface area contributed by atoms with E-state index >= 15 is 0 Å². The number of imide groups is 1. The third kappa shape index (κ3) is 2.25. The molecule has 0 aromatic heterocycles. The Morgan fingerprint density at radius 3 is 2.16 bits per heavy atom. The van der Waals surface area contributed by atoms with E-state index in [1.807, 2.05) is 6.92 Å². The van der Waals surface area contributed by atoms with Crippen LogP contribution in [0.15, 0.2) is 25.3 Å². The van der Waals surface area contributed by atoms with Gasteiger partial charge in [-0.05, 0) is 24.7 Å². The van der Waals surface area contributed by atoms with Gasteiger partial charge in [0.15, 0.2) is 0 Å². The molecule has 4 atom stereocenters. The van der Waals surface area contributed by atoms with Crippen LogP contribution in [0.1, 0.15) is 19.8 Å². The van der Waals surface area contributed by atoms with Crippen LogP contribution in [0.2, 0.25) is 0 Å². The Hall–Kier alpha value is -1.42. The number of carbonyl (C=O) groups is 2. The Balaban J connectivity index is 2.16. The molecule has 0 N–H and O–H groups in total. The minimum Gasteiger partial charge on any atom is -0.361 e. The van der Waals surface area contributed by atoms with Crippen molar-refractivity contribution in [3.8, 4) is 0 Å². The van der Waals surface area contributed by atoms with Crippen molar-refractivity contribution in [2.75, 3.05) is 13.3 Å². The normalized spacial score (nSPS) is 33.6. The Morgan fingerprint density at radius 1 is 1.21 bits per heavy atom. The Labute approximate surface area is 114 Å². The van der Waals surface area contributed by atoms with Gasteiger partial charge in [-0.15, -0.1) is 13.2 Å². The SMILES string of the molecule is C=CC1CC(C=C)C2C(=O)N(COCCC)C(=O)C12. The molecule has 0 radical (unpaired) electrons. The lowest BCUT2D eigenvalue weighted by Gasteiger charge is -2.18. The fraction of sp³-hybridized carbons (Fsp3) is 0.600. The highest BCUT2D eigenvalue weighted by Crippen LogP contribution is 2.48. The molecule has 0 aromatic carbocycles. The van der Waals surface area contributed by atoms with Crippen LogP contribution in [-0.2, 0) is 14.3 Å². The van der Waals surface area contributed by atoms with E-state index in [0.717, 1.165) is 12.8 Å². The minimum absolute atomic E-state index is 0.0700. The van der Waals surface area contributed by atoms with Crippen LogP contribution in [0.25, 0.3) is 0 Å². The summed E-state index contributed by atoms with van der Waals surface area (Å²) in [4.78, 5) is 26.0. The van der Waals surface area contributed by atoms with Gasteiger partial charge in [-0.1, -0.05) is 19.1 Å². The van der Waals surface area contributed by atoms with Crippen LogP contribution in [0.4, 0.5) is 0 Å². The highest BCUT2D eigenvalue weighted by Gasteiger charge is 2.56. The highest BCUT2D eigenvalue weighted by atomic mass is 16.5. The molecule has 0 aromatic rings. The van der Waals surface area contributed by atoms with Crippen molar-refractivity contribution in [1.29, 1.82) is 0 Å². The third-order valence-electron chi connectivity index (χ3n) is 4.13. The number of hydrogen-bond donors (Lipinski definition) is 0. The zero-order chi connectivity index (χ0) is 14.0. The summed E-state index contributed by atoms with van der Waals surface area (Å²) in [5.41, 5.74) is 0. The molecule has 2 rings (SSSR count). The standard InChI is InChI=1S/C15H21NO3/c1-4-7-19-9-16-14(17)12-10(5-2)8-11(6-3)13(12)15(16)18/h5-6,10-13H,2-4,7-9H2,1H3. The highest BCUT2D eigenvalue weighted by molar-refractivity contribution is 6.06. The molecular weight excluding hydrogens is 242 g/mol. The monoisotopic (exact) mass is 263 g/mol. The maximum Gasteiger partial charge on any atom is 0.235 e. The number of carbonyl (C=O) groups excluding carboxylic acids is 2. The smallest absolute Gasteiger partial charge is 0.235 e. The van der Waals surface area contributed by atoms with Gasteiger partial charge in [-0.25, -0.2) is 0 Å². The number of fused-ring (bicyclic) bond motifs is 1. The predicted octanol–water partition coefficient (Wildman–Crippen LogP) is 1.98. The largest absolute Gasteiger partial charge is 0.361 e. The van der Waals surface area contributed by atoms with E-state index in [4.69, 9.17) is 4.74 Å². The van der Waals surface area contributed by atoms with Gasteiger partial charge >= 0.3 is 0 Å². The molecule has 1 aliphatic heterocycles. The average molecular weight is 263 g/mol. The number of allylic oxidation sites excluding steroid dienone is 2. The van der Waals surface area contributed by atoms with E-state index < -0.39 is 0 Å². The van der Waals surface area contributed by atoms with Gasteiger partial charge < -0.3 is 4.74 Å². The summed E-state index contributed by atoms with van der Waals surface area (Å²) in [5.74, 6) is -0.613. The summed E-state index contributed by atoms with van der Waals surface area (Å²) in [7, 11) is 0. The number of ether oxygens (including phenoxy) is 1. The van der Waals surface area contributed by atoms with Crippen LogP contribution in [0.5, 0.6) is 0 Å². The summed E-state index contributed by atoms with van der Waals surface area (Å²) in [5, 5.41) is 0. The molecule has 1 saturated carbocycles. The summed E-state index contributed by atoms with van der Waals surface area (Å²) < 4.78 is 5.34. The average Bonchev–Trinajstić information content (AvgIpc) is 2.90. The van der Waals surface area contributed by atoms with Crippen molar-refractivity contribution in [2.45, 2.75) is 19.8 Å². The third-order valence-corrected chi connectivity index (χ3v) is 4.13. The Kier molecular flexibility index (Phi) is 4.20. The molecule has 1 heterocycles. The molecule has 4 unspecified atom stereocenters. The first kappa shape index (κ1) is 14.0. The van der Waals surface area contributed by atoms with E-state index in [1.54, 1.807) is 12.2 Å². The summed E-state index contributed by atoms with van der Waals surface area (Å²) >= 11 is 0. The second-order valence-electron chi connectivity index (χ2n) is 5.23. The van der Waals surface area contributed by atoms with Gasteiger partial charge in [-0.3, -0.25) is 14.5 Å². The molecule has 4 nitrogen and oxygen atoms in total. The van der Waals surface area contributed by atoms with Crippen LogP contribution >= 0.6 is 0 Å². The molecule has 104 valence electrons. The molecule has 2 aliphatic rings. The van der Waals surface area contributed by atoms with E-state index in [-0.39, 0.29) is 42.2 Å². The predicted molar refractivity (Wildman–Crippen MR) is 71.9 cm³/mol. The quantitative estimate of drug-likeness (QED) is 0.418. The lowest BCUT2D eigenvalue weighted by atomic mass is 9.89. The number of amides is 2. The first-order valence-corrected chi connectivity index (χ1v) is 6.83. The molecule has 4 heteroatoms. The zero-order valence-electron chi connectivity index (χ0n) is 11.4. The summed E-state index contributed by atoms with van der Waals surface area (Å²) in [6.45, 7) is 10.2. The van der Waals surface area contributed by atoms with Gasteiger partial charge in [0.05, 0.1) is 11.8 Å². The molecule has 2 fully saturated rings. The lowest BCUT2D eigenvalue weighted by Crippen LogP contribution is -2.35. The maximum absolute atomic E-state index is 12.4. The van der Waals surface area contributed by atoms with Gasteiger partial charge in [0.1, 0.15) is 6.73 Å². The van der Waals surface area contributed by atoms with Crippen LogP contribution in [-0.4, -0.2) is 30.1 Å². The minimum atomic E-state index is -0.266. The van der Waals surface area contributed by atoms with Gasteiger partial charge in [0.25, 0.3) is 0 Å². The van der Waals surface area contributed by atoms with Crippen molar-refractivity contribution in [1.82, 2.24) is 4.90 Å². The fourth-order valence-corrected chi connectivity index (χ4v) is 3.20. The lowest BCUT2D eigenvalue weighted by molar-refractivity contribution is -0.147. The summed E-state index contributed by atoms with van der Waals surface area (Å²) in [6.07, 6.45) is 5.25. The number of hydrogen-bond acceptors (Lipinski definition) is 3. The van der Waals surface area contributed by atoms with Crippen molar-refractivity contribution < 1.29 is 14.3 Å². The summed E-state index contributed by atoms with van der Waals surface area (Å²) in [6, 6.07) is 0. The van der Waals surface area contributed by atoms with Crippen molar-refractivity contribution in [3.63, 3.8) is 0 Å². The first-order chi connectivity index (χ1) is 9.15. The van der Waals surface area contributed by atoms with E-state index in [2.05, 4.69) is 13.2 Å². The second-order valence-corrected chi connectivity index (χ2v) is 5.23. The van der Waals surface area contributed by atoms with Crippen LogP contribution in [0.3, 0.4) is 0 Å². The Morgan fingerprint density at radius 2 is 1.74 bits per heavy atom. The van der Waals surface area contributed by atoms with Gasteiger partial charge in [0.2, 0.25) is 11.8 Å². The number of likely N-dealkylation sites (tertiary alicyclic amines) is 1. The molecule has 1 saturated heterocycles. The zero-order valence-corrected chi connectivity index (χ0v) is 11.4. The molecule has 0 spiro atoms. The molecule has 19 heavy (non-hydrogen) atoms. The number of rotatable bonds is 6. The maximum atomic E-state index is 12.4. The molecule has 1 aliphatic carbocycles. The molecule has 2 amide bonds. The Bertz CT molecular complexity index is 372. The van der Waals surface area contributed by atoms with Crippen LogP contribution in [0, 0.1) is 23.7 Å². The first-order valence-electron chi connectivity index (χ1n) is 6.83. The topological polar surface area (TPSA) is 46.6 Å². The van der Waals surface area contributed by atoms with E-state index in [1.165, 1.54) is 4.90 Å². The van der Waals surface area contributed by atoms with E-state index in [9.17, 15) is 9.59 Å². The van der Waals surface area contributed by atoms with Gasteiger partial charge in [0, 0.05) is 6.61 Å². The number of nitrogens with zero attached hydrogens (tertiary/aromatic N) is 1. The van der Waals surface area contributed by atoms with Crippen molar-refractivity contribution in [2.24, 2.45) is 23.7 Å². The molecule has 0 bridgehead atoms.